The van der Waals surface area contributed by atoms with Crippen molar-refractivity contribution in [2.75, 3.05) is 13.1 Å². The monoisotopic (exact) mass is 179 g/mol. The maximum atomic E-state index is 10.7. The zero-order valence-electron chi connectivity index (χ0n) is 5.87. The molecule has 5 nitrogen and oxygen atoms in total. The second-order valence-electron chi connectivity index (χ2n) is 2.08. The number of nitrogens with zero attached hydrogens (tertiary/aromatic N) is 1. The highest BCUT2D eigenvalue weighted by molar-refractivity contribution is 5.93. The number of amides is 4. The van der Waals surface area contributed by atoms with Crippen LogP contribution in [0.2, 0.25) is 0 Å². The van der Waals surface area contributed by atoms with Gasteiger partial charge >= 0.3 is 12.1 Å². The molecule has 1 aliphatic heterocycles. The summed E-state index contributed by atoms with van der Waals surface area (Å²) in [6.07, 6.45) is 0.772. The predicted molar refractivity (Wildman–Crippen MR) is 41.6 cm³/mol. The van der Waals surface area contributed by atoms with E-state index in [4.69, 9.17) is 5.73 Å². The largest absolute Gasteiger partial charge is 0.351 e. The molecule has 0 spiro atoms. The minimum atomic E-state index is -0.683. The lowest BCUT2D eigenvalue weighted by molar-refractivity contribution is 0.183. The Labute approximate surface area is 70.3 Å². The van der Waals surface area contributed by atoms with Crippen molar-refractivity contribution in [3.8, 4) is 0 Å². The Bertz CT molecular complexity index is 173. The molecule has 64 valence electrons. The molecule has 0 atom stereocenters. The molecule has 4 amide bonds. The predicted octanol–water partition coefficient (Wildman–Crippen LogP) is -0.0978. The van der Waals surface area contributed by atoms with Gasteiger partial charge in [0, 0.05) is 13.1 Å². The van der Waals surface area contributed by atoms with Gasteiger partial charge in [0.05, 0.1) is 0 Å². The minimum Gasteiger partial charge on any atom is -0.351 e. The lowest BCUT2D eigenvalue weighted by atomic mass is 10.3. The highest BCUT2D eigenvalue weighted by Gasteiger charge is 2.20. The summed E-state index contributed by atoms with van der Waals surface area (Å²) in [6.45, 7) is 1.06. The van der Waals surface area contributed by atoms with Crippen molar-refractivity contribution in [2.45, 2.75) is 6.42 Å². The standard InChI is InChI=1S/C5H9N3O2.ClH/c6-4(9)8-3-1-2-7-5(8)10;/h1-3H2,(H2,6,9)(H,7,10);1H. The smallest absolute Gasteiger partial charge is 0.325 e. The van der Waals surface area contributed by atoms with E-state index < -0.39 is 12.1 Å². The SMILES string of the molecule is Cl.NC(=O)N1CCCNC1=O. The lowest BCUT2D eigenvalue weighted by Gasteiger charge is -2.23. The molecule has 0 aromatic heterocycles. The number of hydrogen-bond donors (Lipinski definition) is 2. The highest BCUT2D eigenvalue weighted by atomic mass is 35.5. The first-order valence-corrected chi connectivity index (χ1v) is 3.06. The summed E-state index contributed by atoms with van der Waals surface area (Å²) in [5, 5.41) is 2.50. The fourth-order valence-corrected chi connectivity index (χ4v) is 0.840. The summed E-state index contributed by atoms with van der Waals surface area (Å²) < 4.78 is 0. The van der Waals surface area contributed by atoms with Crippen LogP contribution in [-0.4, -0.2) is 30.1 Å². The van der Waals surface area contributed by atoms with Gasteiger partial charge in [-0.25, -0.2) is 14.5 Å². The van der Waals surface area contributed by atoms with Gasteiger partial charge in [0.1, 0.15) is 0 Å². The first-order valence-electron chi connectivity index (χ1n) is 3.06. The number of carbonyl (C=O) groups excluding carboxylic acids is 2. The van der Waals surface area contributed by atoms with Crippen molar-refractivity contribution in [1.29, 1.82) is 0 Å². The number of rotatable bonds is 0. The molecule has 0 unspecified atom stereocenters. The van der Waals surface area contributed by atoms with Gasteiger partial charge in [-0.1, -0.05) is 0 Å². The number of nitrogens with two attached hydrogens (primary N) is 1. The summed E-state index contributed by atoms with van der Waals surface area (Å²) in [6, 6.07) is -1.07. The van der Waals surface area contributed by atoms with Crippen LogP contribution in [-0.2, 0) is 0 Å². The van der Waals surface area contributed by atoms with Crippen LogP contribution in [0.15, 0.2) is 0 Å². The summed E-state index contributed by atoms with van der Waals surface area (Å²) in [7, 11) is 0. The minimum absolute atomic E-state index is 0. The van der Waals surface area contributed by atoms with Gasteiger partial charge in [-0.3, -0.25) is 0 Å². The average Bonchev–Trinajstić information content (AvgIpc) is 1.88. The molecule has 0 aliphatic carbocycles. The van der Waals surface area contributed by atoms with E-state index in [9.17, 15) is 9.59 Å². The van der Waals surface area contributed by atoms with Gasteiger partial charge in [-0.05, 0) is 6.42 Å². The van der Waals surface area contributed by atoms with Crippen molar-refractivity contribution in [3.63, 3.8) is 0 Å². The van der Waals surface area contributed by atoms with Gasteiger partial charge in [-0.15, -0.1) is 12.4 Å². The second kappa shape index (κ2) is 4.02. The summed E-state index contributed by atoms with van der Waals surface area (Å²) in [5.41, 5.74) is 4.88. The molecule has 1 heterocycles. The molecule has 11 heavy (non-hydrogen) atoms. The Morgan fingerprint density at radius 2 is 2.27 bits per heavy atom. The first-order chi connectivity index (χ1) is 4.72. The zero-order chi connectivity index (χ0) is 7.56. The van der Waals surface area contributed by atoms with E-state index in [1.807, 2.05) is 0 Å². The number of primary amides is 1. The third-order valence-corrected chi connectivity index (χ3v) is 1.35. The molecule has 0 aromatic rings. The molecule has 0 radical (unpaired) electrons. The van der Waals surface area contributed by atoms with Crippen molar-refractivity contribution in [3.05, 3.63) is 0 Å². The van der Waals surface area contributed by atoms with Crippen LogP contribution >= 0.6 is 12.4 Å². The number of imide groups is 1. The molecule has 1 fully saturated rings. The third-order valence-electron chi connectivity index (χ3n) is 1.35. The van der Waals surface area contributed by atoms with Gasteiger partial charge in [-0.2, -0.15) is 0 Å². The van der Waals surface area contributed by atoms with Gasteiger partial charge in [0.25, 0.3) is 0 Å². The number of hydrogen-bond acceptors (Lipinski definition) is 2. The quantitative estimate of drug-likeness (QED) is 0.545. The number of carbonyl (C=O) groups is 2. The first kappa shape index (κ1) is 10.0. The molecule has 0 aromatic carbocycles. The number of halogens is 1. The Morgan fingerprint density at radius 1 is 1.64 bits per heavy atom. The van der Waals surface area contributed by atoms with Crippen molar-refractivity contribution >= 4 is 24.5 Å². The Kier molecular flexibility index (Phi) is 3.67. The van der Waals surface area contributed by atoms with E-state index in [0.29, 0.717) is 13.1 Å². The fraction of sp³-hybridized carbons (Fsp3) is 0.600. The van der Waals surface area contributed by atoms with E-state index in [-0.39, 0.29) is 12.4 Å². The van der Waals surface area contributed by atoms with Crippen molar-refractivity contribution in [2.24, 2.45) is 5.73 Å². The molecule has 1 rings (SSSR count). The highest BCUT2D eigenvalue weighted by Crippen LogP contribution is 1.96. The molecule has 3 N–H and O–H groups in total. The summed E-state index contributed by atoms with van der Waals surface area (Å²) in [4.78, 5) is 22.2. The van der Waals surface area contributed by atoms with Crippen LogP contribution in [0, 0.1) is 0 Å². The molecule has 6 heteroatoms. The van der Waals surface area contributed by atoms with Crippen LogP contribution in [0.25, 0.3) is 0 Å². The normalized spacial score (nSPS) is 16.7. The van der Waals surface area contributed by atoms with Crippen LogP contribution in [0.1, 0.15) is 6.42 Å². The summed E-state index contributed by atoms with van der Waals surface area (Å²) in [5.74, 6) is 0. The van der Waals surface area contributed by atoms with Crippen LogP contribution in [0.5, 0.6) is 0 Å². The molecular weight excluding hydrogens is 170 g/mol. The zero-order valence-corrected chi connectivity index (χ0v) is 6.69. The van der Waals surface area contributed by atoms with E-state index >= 15 is 0 Å². The van der Waals surface area contributed by atoms with Gasteiger partial charge in [0.15, 0.2) is 0 Å². The van der Waals surface area contributed by atoms with Gasteiger partial charge < -0.3 is 11.1 Å². The van der Waals surface area contributed by atoms with Crippen LogP contribution in [0.3, 0.4) is 0 Å². The molecule has 0 saturated carbocycles. The van der Waals surface area contributed by atoms with E-state index in [1.165, 1.54) is 0 Å². The maximum absolute atomic E-state index is 10.7. The molecule has 1 saturated heterocycles. The maximum Gasteiger partial charge on any atom is 0.325 e. The molecular formula is C5H10ClN3O2. The Hall–Kier alpha value is -0.970. The molecule has 1 aliphatic rings. The third kappa shape index (κ3) is 2.27. The van der Waals surface area contributed by atoms with Gasteiger partial charge in [0.2, 0.25) is 0 Å². The Morgan fingerprint density at radius 3 is 2.64 bits per heavy atom. The van der Waals surface area contributed by atoms with E-state index in [0.717, 1.165) is 11.3 Å². The topological polar surface area (TPSA) is 75.4 Å². The van der Waals surface area contributed by atoms with Crippen LogP contribution in [0.4, 0.5) is 9.59 Å². The lowest BCUT2D eigenvalue weighted by Crippen LogP contribution is -2.51. The fourth-order valence-electron chi connectivity index (χ4n) is 0.840. The number of urea groups is 2. The van der Waals surface area contributed by atoms with Crippen molar-refractivity contribution in [1.82, 2.24) is 10.2 Å². The number of nitrogens with one attached hydrogen (secondary N) is 1. The van der Waals surface area contributed by atoms with Crippen LogP contribution < -0.4 is 11.1 Å². The van der Waals surface area contributed by atoms with E-state index in [2.05, 4.69) is 5.32 Å². The summed E-state index contributed by atoms with van der Waals surface area (Å²) >= 11 is 0. The average molecular weight is 180 g/mol. The Balaban J connectivity index is 0.000001000. The van der Waals surface area contributed by atoms with E-state index in [1.54, 1.807) is 0 Å². The van der Waals surface area contributed by atoms with Crippen molar-refractivity contribution < 1.29 is 9.59 Å². The second-order valence-corrected chi connectivity index (χ2v) is 2.08. The molecule has 0 bridgehead atoms.